The minimum atomic E-state index is -0.200. The third-order valence-corrected chi connectivity index (χ3v) is 4.12. The highest BCUT2D eigenvalue weighted by Crippen LogP contribution is 2.43. The maximum Gasteiger partial charge on any atom is 0.259 e. The number of nitrogens with two attached hydrogens (primary N) is 1. The van der Waals surface area contributed by atoms with Crippen LogP contribution in [0.2, 0.25) is 0 Å². The number of nitrogen functional groups attached to an aromatic ring is 1. The molecule has 2 aromatic rings. The van der Waals surface area contributed by atoms with E-state index < -0.39 is 0 Å². The number of aryl methyl sites for hydroxylation is 1. The molecule has 98 valence electrons. The molecule has 5 heteroatoms. The number of amides is 1. The summed E-state index contributed by atoms with van der Waals surface area (Å²) >= 11 is 1.53. The Morgan fingerprint density at radius 2 is 2.16 bits per heavy atom. The van der Waals surface area contributed by atoms with Gasteiger partial charge in [0.15, 0.2) is 5.13 Å². The van der Waals surface area contributed by atoms with Crippen molar-refractivity contribution in [1.82, 2.24) is 4.98 Å². The van der Waals surface area contributed by atoms with E-state index in [-0.39, 0.29) is 5.91 Å². The summed E-state index contributed by atoms with van der Waals surface area (Å²) in [7, 11) is 0. The van der Waals surface area contributed by atoms with Crippen LogP contribution in [0.4, 0.5) is 10.8 Å². The lowest BCUT2D eigenvalue weighted by Gasteiger charge is -2.04. The molecule has 19 heavy (non-hydrogen) atoms. The Balaban J connectivity index is 1.79. The van der Waals surface area contributed by atoms with E-state index >= 15 is 0 Å². The molecular weight excluding hydrogens is 258 g/mol. The Labute approximate surface area is 115 Å². The summed E-state index contributed by atoms with van der Waals surface area (Å²) in [6.07, 6.45) is 2.42. The number of para-hydroxylation sites is 1. The molecule has 0 spiro atoms. The van der Waals surface area contributed by atoms with E-state index in [0.717, 1.165) is 5.69 Å². The van der Waals surface area contributed by atoms with Gasteiger partial charge >= 0.3 is 0 Å². The van der Waals surface area contributed by atoms with Crippen molar-refractivity contribution in [3.05, 3.63) is 40.4 Å². The predicted octanol–water partition coefficient (Wildman–Crippen LogP) is 3.16. The smallest absolute Gasteiger partial charge is 0.259 e. The number of anilines is 2. The first-order chi connectivity index (χ1) is 9.15. The maximum absolute atomic E-state index is 12.1. The standard InChI is InChI=1S/C14H15N3OS/c1-8-12(9-6-7-9)16-14(19-8)17-13(18)10-4-2-3-5-11(10)15/h2-5,9H,6-7,15H2,1H3,(H,16,17,18). The first-order valence-corrected chi connectivity index (χ1v) is 7.10. The van der Waals surface area contributed by atoms with Gasteiger partial charge in [-0.25, -0.2) is 4.98 Å². The summed E-state index contributed by atoms with van der Waals surface area (Å²) in [4.78, 5) is 17.8. The summed E-state index contributed by atoms with van der Waals surface area (Å²) in [6, 6.07) is 7.05. The molecule has 3 rings (SSSR count). The van der Waals surface area contributed by atoms with Crippen molar-refractivity contribution >= 4 is 28.1 Å². The number of benzene rings is 1. The van der Waals surface area contributed by atoms with Gasteiger partial charge in [-0.2, -0.15) is 0 Å². The molecule has 0 radical (unpaired) electrons. The quantitative estimate of drug-likeness (QED) is 0.844. The number of carbonyl (C=O) groups is 1. The van der Waals surface area contributed by atoms with E-state index in [2.05, 4.69) is 17.2 Å². The van der Waals surface area contributed by atoms with Crippen molar-refractivity contribution in [2.24, 2.45) is 0 Å². The maximum atomic E-state index is 12.1. The number of thiazole rings is 1. The summed E-state index contributed by atoms with van der Waals surface area (Å²) in [6.45, 7) is 2.05. The first kappa shape index (κ1) is 12.2. The molecule has 3 N–H and O–H groups in total. The average molecular weight is 273 g/mol. The van der Waals surface area contributed by atoms with Gasteiger partial charge in [0.1, 0.15) is 0 Å². The van der Waals surface area contributed by atoms with Gasteiger partial charge in [-0.05, 0) is 31.9 Å². The van der Waals surface area contributed by atoms with Gasteiger partial charge in [0.05, 0.1) is 11.3 Å². The number of rotatable bonds is 3. The normalized spacial score (nSPS) is 14.4. The molecule has 1 aliphatic carbocycles. The summed E-state index contributed by atoms with van der Waals surface area (Å²) in [5.41, 5.74) is 7.90. The number of aromatic nitrogens is 1. The fraction of sp³-hybridized carbons (Fsp3) is 0.286. The Morgan fingerprint density at radius 3 is 2.84 bits per heavy atom. The van der Waals surface area contributed by atoms with Crippen molar-refractivity contribution < 1.29 is 4.79 Å². The van der Waals surface area contributed by atoms with Crippen molar-refractivity contribution in [3.63, 3.8) is 0 Å². The summed E-state index contributed by atoms with van der Waals surface area (Å²) in [5.74, 6) is 0.401. The van der Waals surface area contributed by atoms with Gasteiger partial charge in [0, 0.05) is 16.5 Å². The molecule has 0 unspecified atom stereocenters. The Morgan fingerprint density at radius 1 is 1.42 bits per heavy atom. The number of carbonyl (C=O) groups excluding carboxylic acids is 1. The molecule has 1 fully saturated rings. The molecule has 1 aromatic heterocycles. The zero-order valence-corrected chi connectivity index (χ0v) is 11.5. The SMILES string of the molecule is Cc1sc(NC(=O)c2ccccc2N)nc1C1CC1. The number of hydrogen-bond donors (Lipinski definition) is 2. The molecular formula is C14H15N3OS. The van der Waals surface area contributed by atoms with Crippen molar-refractivity contribution in [2.45, 2.75) is 25.7 Å². The third-order valence-electron chi connectivity index (χ3n) is 3.22. The van der Waals surface area contributed by atoms with Crippen molar-refractivity contribution in [3.8, 4) is 0 Å². The lowest BCUT2D eigenvalue weighted by atomic mass is 10.2. The van der Waals surface area contributed by atoms with Crippen LogP contribution < -0.4 is 11.1 Å². The van der Waals surface area contributed by atoms with E-state index in [4.69, 9.17) is 5.73 Å². The van der Waals surface area contributed by atoms with E-state index in [1.807, 2.05) is 6.07 Å². The highest BCUT2D eigenvalue weighted by Gasteiger charge is 2.28. The van der Waals surface area contributed by atoms with Crippen LogP contribution in [0, 0.1) is 6.92 Å². The molecule has 1 aliphatic rings. The fourth-order valence-corrected chi connectivity index (χ4v) is 2.96. The molecule has 1 amide bonds. The molecule has 0 aliphatic heterocycles. The number of hydrogen-bond acceptors (Lipinski definition) is 4. The molecule has 1 saturated carbocycles. The van der Waals surface area contributed by atoms with Gasteiger partial charge < -0.3 is 5.73 Å². The fourth-order valence-electron chi connectivity index (χ4n) is 2.07. The first-order valence-electron chi connectivity index (χ1n) is 6.28. The van der Waals surface area contributed by atoms with E-state index in [0.29, 0.717) is 22.3 Å². The molecule has 0 bridgehead atoms. The molecule has 1 aromatic carbocycles. The Hall–Kier alpha value is -1.88. The molecule has 4 nitrogen and oxygen atoms in total. The summed E-state index contributed by atoms with van der Waals surface area (Å²) in [5, 5.41) is 3.49. The van der Waals surface area contributed by atoms with Crippen LogP contribution in [-0.2, 0) is 0 Å². The van der Waals surface area contributed by atoms with Crippen LogP contribution in [0.3, 0.4) is 0 Å². The summed E-state index contributed by atoms with van der Waals surface area (Å²) < 4.78 is 0. The topological polar surface area (TPSA) is 68.0 Å². The van der Waals surface area contributed by atoms with Gasteiger partial charge in [-0.1, -0.05) is 12.1 Å². The zero-order valence-electron chi connectivity index (χ0n) is 10.6. The minimum absolute atomic E-state index is 0.200. The van der Waals surface area contributed by atoms with Crippen molar-refractivity contribution in [2.75, 3.05) is 11.1 Å². The van der Waals surface area contributed by atoms with Gasteiger partial charge in [0.2, 0.25) is 0 Å². The molecule has 0 saturated heterocycles. The van der Waals surface area contributed by atoms with Crippen LogP contribution in [-0.4, -0.2) is 10.9 Å². The van der Waals surface area contributed by atoms with E-state index in [1.54, 1.807) is 18.2 Å². The highest BCUT2D eigenvalue weighted by atomic mass is 32.1. The lowest BCUT2D eigenvalue weighted by molar-refractivity contribution is 0.102. The number of nitrogens with zero attached hydrogens (tertiary/aromatic N) is 1. The predicted molar refractivity (Wildman–Crippen MR) is 77.6 cm³/mol. The van der Waals surface area contributed by atoms with E-state index in [9.17, 15) is 4.79 Å². The molecule has 0 atom stereocenters. The molecule has 1 heterocycles. The van der Waals surface area contributed by atoms with Crippen LogP contribution in [0.15, 0.2) is 24.3 Å². The number of nitrogens with one attached hydrogen (secondary N) is 1. The second-order valence-electron chi connectivity index (χ2n) is 4.78. The van der Waals surface area contributed by atoms with Crippen LogP contribution in [0.5, 0.6) is 0 Å². The van der Waals surface area contributed by atoms with Crippen molar-refractivity contribution in [1.29, 1.82) is 0 Å². The Bertz CT molecular complexity index is 631. The average Bonchev–Trinajstić information content (AvgIpc) is 3.15. The monoisotopic (exact) mass is 273 g/mol. The third kappa shape index (κ3) is 2.46. The minimum Gasteiger partial charge on any atom is -0.398 e. The van der Waals surface area contributed by atoms with Crippen LogP contribution in [0.25, 0.3) is 0 Å². The lowest BCUT2D eigenvalue weighted by Crippen LogP contribution is -2.13. The van der Waals surface area contributed by atoms with Gasteiger partial charge in [-0.15, -0.1) is 11.3 Å². The second-order valence-corrected chi connectivity index (χ2v) is 5.98. The van der Waals surface area contributed by atoms with Gasteiger partial charge in [-0.3, -0.25) is 10.1 Å². The van der Waals surface area contributed by atoms with Crippen LogP contribution in [0.1, 0.15) is 39.7 Å². The largest absolute Gasteiger partial charge is 0.398 e. The Kier molecular flexibility index (Phi) is 2.98. The zero-order chi connectivity index (χ0) is 13.4. The highest BCUT2D eigenvalue weighted by molar-refractivity contribution is 7.15. The van der Waals surface area contributed by atoms with E-state index in [1.165, 1.54) is 29.1 Å². The van der Waals surface area contributed by atoms with Crippen LogP contribution >= 0.6 is 11.3 Å². The second kappa shape index (κ2) is 4.66. The van der Waals surface area contributed by atoms with Gasteiger partial charge in [0.25, 0.3) is 5.91 Å².